The summed E-state index contributed by atoms with van der Waals surface area (Å²) in [6.45, 7) is 2.65. The van der Waals surface area contributed by atoms with Gasteiger partial charge in [-0.15, -0.1) is 0 Å². The first-order chi connectivity index (χ1) is 13.0. The number of thioether (sulfide) groups is 1. The zero-order valence-corrected chi connectivity index (χ0v) is 16.8. The summed E-state index contributed by atoms with van der Waals surface area (Å²) >= 11 is 4.76. The van der Waals surface area contributed by atoms with Crippen molar-refractivity contribution in [2.45, 2.75) is 18.6 Å². The summed E-state index contributed by atoms with van der Waals surface area (Å²) in [6.07, 6.45) is 0. The Morgan fingerprint density at radius 1 is 1.30 bits per heavy atom. The number of hydrogen-bond acceptors (Lipinski definition) is 6. The molecule has 7 nitrogen and oxygen atoms in total. The molecule has 0 N–H and O–H groups in total. The summed E-state index contributed by atoms with van der Waals surface area (Å²) in [5.41, 5.74) is 0.475. The number of fused-ring (bicyclic) bond motifs is 1. The Hall–Kier alpha value is -2.39. The van der Waals surface area contributed by atoms with Gasteiger partial charge in [-0.3, -0.25) is 19.5 Å². The van der Waals surface area contributed by atoms with Crippen molar-refractivity contribution in [3.63, 3.8) is 0 Å². The smallest absolute Gasteiger partial charge is 0.310 e. The molecular formula is C18H16BrN3O4S. The van der Waals surface area contributed by atoms with Crippen molar-refractivity contribution in [1.29, 1.82) is 0 Å². The summed E-state index contributed by atoms with van der Waals surface area (Å²) in [4.78, 5) is 27.8. The molecular weight excluding hydrogens is 434 g/mol. The van der Waals surface area contributed by atoms with Crippen LogP contribution in [-0.2, 0) is 6.54 Å². The average molecular weight is 450 g/mol. The molecule has 0 saturated heterocycles. The second kappa shape index (κ2) is 8.53. The molecule has 0 fully saturated rings. The highest BCUT2D eigenvalue weighted by Crippen LogP contribution is 2.26. The van der Waals surface area contributed by atoms with E-state index < -0.39 is 4.92 Å². The van der Waals surface area contributed by atoms with Crippen LogP contribution in [0.1, 0.15) is 6.92 Å². The molecule has 0 aliphatic heterocycles. The van der Waals surface area contributed by atoms with Gasteiger partial charge in [0.05, 0.1) is 22.4 Å². The fourth-order valence-corrected chi connectivity index (χ4v) is 3.82. The van der Waals surface area contributed by atoms with Crippen molar-refractivity contribution in [3.8, 4) is 5.75 Å². The molecule has 0 spiro atoms. The molecule has 0 bridgehead atoms. The Bertz CT molecular complexity index is 1050. The Morgan fingerprint density at radius 2 is 2.07 bits per heavy atom. The molecule has 0 amide bonds. The van der Waals surface area contributed by atoms with E-state index in [1.54, 1.807) is 34.9 Å². The molecule has 2 aromatic carbocycles. The van der Waals surface area contributed by atoms with E-state index in [-0.39, 0.29) is 23.6 Å². The number of aromatic nitrogens is 2. The van der Waals surface area contributed by atoms with Crippen LogP contribution in [0.5, 0.6) is 5.75 Å². The number of hydrogen-bond donors (Lipinski definition) is 0. The number of nitrogens with zero attached hydrogens (tertiary/aromatic N) is 3. The van der Waals surface area contributed by atoms with Gasteiger partial charge in [0.25, 0.3) is 5.56 Å². The number of nitro groups is 1. The van der Waals surface area contributed by atoms with E-state index in [4.69, 9.17) is 4.74 Å². The van der Waals surface area contributed by atoms with Gasteiger partial charge < -0.3 is 4.74 Å². The van der Waals surface area contributed by atoms with E-state index >= 15 is 0 Å². The summed E-state index contributed by atoms with van der Waals surface area (Å²) in [6, 6.07) is 11.7. The van der Waals surface area contributed by atoms with Crippen molar-refractivity contribution in [2.75, 3.05) is 12.4 Å². The van der Waals surface area contributed by atoms with Crippen LogP contribution in [-0.4, -0.2) is 26.8 Å². The van der Waals surface area contributed by atoms with Gasteiger partial charge in [0, 0.05) is 22.8 Å². The van der Waals surface area contributed by atoms with Gasteiger partial charge in [-0.05, 0) is 31.2 Å². The predicted molar refractivity (Wildman–Crippen MR) is 109 cm³/mol. The van der Waals surface area contributed by atoms with E-state index in [1.807, 2.05) is 13.0 Å². The predicted octanol–water partition coefficient (Wildman–Crippen LogP) is 4.26. The fourth-order valence-electron chi connectivity index (χ4n) is 2.58. The standard InChI is InChI=1S/C18H16BrN3O4S/c1-2-21-17(23)13-11-12(19)7-8-14(13)20-18(21)27-10-9-26-16-6-4-3-5-15(16)22(24)25/h3-8,11H,2,9-10H2,1H3. The molecule has 140 valence electrons. The molecule has 9 heteroatoms. The van der Waals surface area contributed by atoms with Crippen LogP contribution in [0.2, 0.25) is 0 Å². The van der Waals surface area contributed by atoms with Crippen LogP contribution in [0.3, 0.4) is 0 Å². The lowest BCUT2D eigenvalue weighted by molar-refractivity contribution is -0.385. The van der Waals surface area contributed by atoms with Gasteiger partial charge in [0.2, 0.25) is 0 Å². The zero-order chi connectivity index (χ0) is 19.4. The number of rotatable bonds is 7. The Kier molecular flexibility index (Phi) is 6.12. The Morgan fingerprint density at radius 3 is 2.81 bits per heavy atom. The van der Waals surface area contributed by atoms with E-state index in [2.05, 4.69) is 20.9 Å². The largest absolute Gasteiger partial charge is 0.486 e. The van der Waals surface area contributed by atoms with Crippen LogP contribution in [0.4, 0.5) is 5.69 Å². The minimum Gasteiger partial charge on any atom is -0.486 e. The van der Waals surface area contributed by atoms with Crippen LogP contribution in [0.15, 0.2) is 56.9 Å². The van der Waals surface area contributed by atoms with Crippen molar-refractivity contribution < 1.29 is 9.66 Å². The third kappa shape index (κ3) is 4.30. The average Bonchev–Trinajstić information content (AvgIpc) is 2.66. The Labute approximate surface area is 167 Å². The van der Waals surface area contributed by atoms with Crippen molar-refractivity contribution in [3.05, 3.63) is 67.4 Å². The second-order valence-corrected chi connectivity index (χ2v) is 7.50. The van der Waals surface area contributed by atoms with E-state index in [0.29, 0.717) is 28.4 Å². The first-order valence-corrected chi connectivity index (χ1v) is 9.98. The number of ether oxygens (including phenoxy) is 1. The highest BCUT2D eigenvalue weighted by atomic mass is 79.9. The third-order valence-electron chi connectivity index (χ3n) is 3.83. The van der Waals surface area contributed by atoms with Gasteiger partial charge in [0.1, 0.15) is 0 Å². The molecule has 0 saturated carbocycles. The molecule has 0 aliphatic rings. The summed E-state index contributed by atoms with van der Waals surface area (Å²) in [7, 11) is 0. The monoisotopic (exact) mass is 449 g/mol. The normalized spacial score (nSPS) is 10.9. The minimum absolute atomic E-state index is 0.0672. The number of para-hydroxylation sites is 2. The molecule has 3 rings (SSSR count). The maximum absolute atomic E-state index is 12.7. The van der Waals surface area contributed by atoms with Crippen molar-refractivity contribution >= 4 is 44.3 Å². The number of halogens is 1. The fraction of sp³-hybridized carbons (Fsp3) is 0.222. The molecule has 0 unspecified atom stereocenters. The molecule has 0 atom stereocenters. The van der Waals surface area contributed by atoms with E-state index in [9.17, 15) is 14.9 Å². The summed E-state index contributed by atoms with van der Waals surface area (Å²) < 4.78 is 7.99. The maximum Gasteiger partial charge on any atom is 0.310 e. The SMILES string of the molecule is CCn1c(SCCOc2ccccc2[N+](=O)[O-])nc2ccc(Br)cc2c1=O. The minimum atomic E-state index is -0.472. The first-order valence-electron chi connectivity index (χ1n) is 8.20. The molecule has 1 aromatic heterocycles. The molecule has 0 radical (unpaired) electrons. The van der Waals surface area contributed by atoms with Crippen molar-refractivity contribution in [1.82, 2.24) is 9.55 Å². The van der Waals surface area contributed by atoms with Gasteiger partial charge in [-0.2, -0.15) is 0 Å². The van der Waals surface area contributed by atoms with Crippen LogP contribution >= 0.6 is 27.7 Å². The topological polar surface area (TPSA) is 87.3 Å². The number of benzene rings is 2. The summed E-state index contributed by atoms with van der Waals surface area (Å²) in [5.74, 6) is 0.730. The van der Waals surface area contributed by atoms with Gasteiger partial charge in [-0.1, -0.05) is 39.8 Å². The molecule has 1 heterocycles. The van der Waals surface area contributed by atoms with Gasteiger partial charge in [0.15, 0.2) is 10.9 Å². The van der Waals surface area contributed by atoms with E-state index in [1.165, 1.54) is 17.8 Å². The summed E-state index contributed by atoms with van der Waals surface area (Å²) in [5, 5.41) is 12.2. The molecule has 27 heavy (non-hydrogen) atoms. The van der Waals surface area contributed by atoms with E-state index in [0.717, 1.165) is 4.47 Å². The van der Waals surface area contributed by atoms with Crippen LogP contribution in [0.25, 0.3) is 10.9 Å². The lowest BCUT2D eigenvalue weighted by Gasteiger charge is -2.12. The lowest BCUT2D eigenvalue weighted by atomic mass is 10.2. The van der Waals surface area contributed by atoms with Gasteiger partial charge in [-0.25, -0.2) is 4.98 Å². The third-order valence-corrected chi connectivity index (χ3v) is 5.27. The maximum atomic E-state index is 12.7. The molecule has 3 aromatic rings. The molecule has 0 aliphatic carbocycles. The quantitative estimate of drug-likeness (QED) is 0.176. The van der Waals surface area contributed by atoms with Crippen LogP contribution in [0, 0.1) is 10.1 Å². The van der Waals surface area contributed by atoms with Crippen LogP contribution < -0.4 is 10.3 Å². The number of nitro benzene ring substituents is 1. The highest BCUT2D eigenvalue weighted by Gasteiger charge is 2.14. The van der Waals surface area contributed by atoms with Crippen molar-refractivity contribution in [2.24, 2.45) is 0 Å². The lowest BCUT2D eigenvalue weighted by Crippen LogP contribution is -2.22. The second-order valence-electron chi connectivity index (χ2n) is 5.53. The van der Waals surface area contributed by atoms with Gasteiger partial charge >= 0.3 is 5.69 Å². The first kappa shape index (κ1) is 19.4. The highest BCUT2D eigenvalue weighted by molar-refractivity contribution is 9.10. The zero-order valence-electron chi connectivity index (χ0n) is 14.4. The Balaban J connectivity index is 1.75.